The SMILES string of the molecule is c1ccc2c(c1)ccc1ccc3c(c12)OCO3. The summed E-state index contributed by atoms with van der Waals surface area (Å²) in [5.41, 5.74) is 0. The van der Waals surface area contributed by atoms with Crippen LogP contribution in [0.1, 0.15) is 0 Å². The Morgan fingerprint density at radius 3 is 2.59 bits per heavy atom. The van der Waals surface area contributed by atoms with Crippen molar-refractivity contribution in [2.75, 3.05) is 6.79 Å². The largest absolute Gasteiger partial charge is 0.454 e. The van der Waals surface area contributed by atoms with Gasteiger partial charge < -0.3 is 9.47 Å². The van der Waals surface area contributed by atoms with Gasteiger partial charge in [-0.1, -0.05) is 42.5 Å². The minimum absolute atomic E-state index is 0.317. The van der Waals surface area contributed by atoms with Gasteiger partial charge in [0.2, 0.25) is 6.79 Å². The van der Waals surface area contributed by atoms with Crippen molar-refractivity contribution in [1.29, 1.82) is 0 Å². The minimum Gasteiger partial charge on any atom is -0.454 e. The molecule has 17 heavy (non-hydrogen) atoms. The minimum atomic E-state index is 0.317. The van der Waals surface area contributed by atoms with Gasteiger partial charge in [0.15, 0.2) is 11.5 Å². The Balaban J connectivity index is 2.27. The second-order valence-corrected chi connectivity index (χ2v) is 4.18. The molecule has 1 aliphatic heterocycles. The normalized spacial score (nSPS) is 13.4. The Morgan fingerprint density at radius 2 is 1.59 bits per heavy atom. The third-order valence-corrected chi connectivity index (χ3v) is 3.24. The first-order valence-corrected chi connectivity index (χ1v) is 5.63. The highest BCUT2D eigenvalue weighted by Gasteiger charge is 2.17. The van der Waals surface area contributed by atoms with E-state index in [1.807, 2.05) is 6.07 Å². The van der Waals surface area contributed by atoms with Crippen molar-refractivity contribution in [2.24, 2.45) is 0 Å². The lowest BCUT2D eigenvalue weighted by Crippen LogP contribution is -1.93. The molecule has 0 unspecified atom stereocenters. The summed E-state index contributed by atoms with van der Waals surface area (Å²) in [6, 6.07) is 16.7. The smallest absolute Gasteiger partial charge is 0.231 e. The number of hydrogen-bond acceptors (Lipinski definition) is 2. The first-order chi connectivity index (χ1) is 8.43. The Morgan fingerprint density at radius 1 is 0.765 bits per heavy atom. The van der Waals surface area contributed by atoms with Crippen LogP contribution < -0.4 is 9.47 Å². The molecule has 0 radical (unpaired) electrons. The van der Waals surface area contributed by atoms with Crippen LogP contribution in [0.25, 0.3) is 21.5 Å². The molecule has 2 nitrogen and oxygen atoms in total. The van der Waals surface area contributed by atoms with Gasteiger partial charge in [-0.2, -0.15) is 0 Å². The molecule has 1 aliphatic rings. The van der Waals surface area contributed by atoms with Gasteiger partial charge in [0.1, 0.15) is 0 Å². The first-order valence-electron chi connectivity index (χ1n) is 5.63. The second kappa shape index (κ2) is 3.14. The Labute approximate surface area is 98.4 Å². The molecule has 2 heteroatoms. The summed E-state index contributed by atoms with van der Waals surface area (Å²) in [5.74, 6) is 1.72. The van der Waals surface area contributed by atoms with Gasteiger partial charge in [-0.25, -0.2) is 0 Å². The van der Waals surface area contributed by atoms with Crippen molar-refractivity contribution in [1.82, 2.24) is 0 Å². The molecular weight excluding hydrogens is 212 g/mol. The van der Waals surface area contributed by atoms with Crippen molar-refractivity contribution in [3.63, 3.8) is 0 Å². The monoisotopic (exact) mass is 222 g/mol. The molecule has 3 aromatic carbocycles. The van der Waals surface area contributed by atoms with E-state index < -0.39 is 0 Å². The predicted molar refractivity (Wildman–Crippen MR) is 67.6 cm³/mol. The highest BCUT2D eigenvalue weighted by Crippen LogP contribution is 2.42. The molecule has 0 fully saturated rings. The van der Waals surface area contributed by atoms with Crippen LogP contribution in [0.2, 0.25) is 0 Å². The predicted octanol–water partition coefficient (Wildman–Crippen LogP) is 3.72. The van der Waals surface area contributed by atoms with E-state index in [-0.39, 0.29) is 0 Å². The van der Waals surface area contributed by atoms with Crippen molar-refractivity contribution >= 4 is 21.5 Å². The van der Waals surface area contributed by atoms with Gasteiger partial charge in [0.25, 0.3) is 0 Å². The van der Waals surface area contributed by atoms with Gasteiger partial charge in [0.05, 0.1) is 0 Å². The van der Waals surface area contributed by atoms with Crippen LogP contribution in [0.15, 0.2) is 48.5 Å². The fourth-order valence-electron chi connectivity index (χ4n) is 2.45. The molecule has 4 rings (SSSR count). The highest BCUT2D eigenvalue weighted by molar-refractivity contribution is 6.11. The average molecular weight is 222 g/mol. The molecule has 0 atom stereocenters. The molecule has 1 heterocycles. The number of fused-ring (bicyclic) bond motifs is 5. The zero-order valence-electron chi connectivity index (χ0n) is 9.14. The van der Waals surface area contributed by atoms with Gasteiger partial charge in [-0.05, 0) is 22.2 Å². The lowest BCUT2D eigenvalue weighted by molar-refractivity contribution is 0.175. The summed E-state index contributed by atoms with van der Waals surface area (Å²) in [5, 5.41) is 4.78. The molecular formula is C15H10O2. The summed E-state index contributed by atoms with van der Waals surface area (Å²) in [6.45, 7) is 0.317. The molecule has 0 bridgehead atoms. The molecule has 82 valence electrons. The van der Waals surface area contributed by atoms with Crippen LogP contribution in [0.3, 0.4) is 0 Å². The van der Waals surface area contributed by atoms with Crippen molar-refractivity contribution < 1.29 is 9.47 Å². The van der Waals surface area contributed by atoms with Crippen molar-refractivity contribution in [2.45, 2.75) is 0 Å². The maximum atomic E-state index is 5.60. The fourth-order valence-corrected chi connectivity index (χ4v) is 2.45. The second-order valence-electron chi connectivity index (χ2n) is 4.18. The zero-order valence-corrected chi connectivity index (χ0v) is 9.14. The maximum Gasteiger partial charge on any atom is 0.231 e. The third kappa shape index (κ3) is 1.15. The van der Waals surface area contributed by atoms with Gasteiger partial charge in [-0.15, -0.1) is 0 Å². The molecule has 3 aromatic rings. The third-order valence-electron chi connectivity index (χ3n) is 3.24. The number of rotatable bonds is 0. The standard InChI is InChI=1S/C15H10O2/c1-2-4-12-10(3-1)5-6-11-7-8-13-15(14(11)12)17-9-16-13/h1-8H,9H2. The van der Waals surface area contributed by atoms with Gasteiger partial charge in [0, 0.05) is 5.39 Å². The van der Waals surface area contributed by atoms with Crippen LogP contribution in [0, 0.1) is 0 Å². The molecule has 0 saturated carbocycles. The van der Waals surface area contributed by atoms with E-state index in [0.717, 1.165) is 16.9 Å². The van der Waals surface area contributed by atoms with Gasteiger partial charge in [-0.3, -0.25) is 0 Å². The summed E-state index contributed by atoms with van der Waals surface area (Å²) in [6.07, 6.45) is 0. The highest BCUT2D eigenvalue weighted by atomic mass is 16.7. The van der Waals surface area contributed by atoms with Crippen LogP contribution in [0.4, 0.5) is 0 Å². The van der Waals surface area contributed by atoms with Crippen molar-refractivity contribution in [3.05, 3.63) is 48.5 Å². The van der Waals surface area contributed by atoms with Crippen molar-refractivity contribution in [3.8, 4) is 11.5 Å². The summed E-state index contributed by atoms with van der Waals surface area (Å²) >= 11 is 0. The Hall–Kier alpha value is -2.22. The number of ether oxygens (including phenoxy) is 2. The fraction of sp³-hybridized carbons (Fsp3) is 0.0667. The molecule has 0 N–H and O–H groups in total. The van der Waals surface area contributed by atoms with E-state index in [1.54, 1.807) is 0 Å². The van der Waals surface area contributed by atoms with Crippen LogP contribution in [0.5, 0.6) is 11.5 Å². The van der Waals surface area contributed by atoms with Crippen LogP contribution in [-0.4, -0.2) is 6.79 Å². The molecule has 0 saturated heterocycles. The lowest BCUT2D eigenvalue weighted by Gasteiger charge is -2.06. The topological polar surface area (TPSA) is 18.5 Å². The zero-order chi connectivity index (χ0) is 11.2. The first kappa shape index (κ1) is 8.88. The van der Waals surface area contributed by atoms with E-state index >= 15 is 0 Å². The lowest BCUT2D eigenvalue weighted by atomic mass is 10.0. The van der Waals surface area contributed by atoms with Gasteiger partial charge >= 0.3 is 0 Å². The van der Waals surface area contributed by atoms with E-state index in [0.29, 0.717) is 6.79 Å². The maximum absolute atomic E-state index is 5.60. The van der Waals surface area contributed by atoms with E-state index in [4.69, 9.17) is 9.47 Å². The molecule has 0 aromatic heterocycles. The Kier molecular flexibility index (Phi) is 1.64. The van der Waals surface area contributed by atoms with Crippen LogP contribution in [-0.2, 0) is 0 Å². The van der Waals surface area contributed by atoms with E-state index in [1.165, 1.54) is 16.2 Å². The average Bonchev–Trinajstić information content (AvgIpc) is 2.86. The van der Waals surface area contributed by atoms with E-state index in [9.17, 15) is 0 Å². The number of benzene rings is 3. The Bertz CT molecular complexity index is 731. The summed E-state index contributed by atoms with van der Waals surface area (Å²) in [4.78, 5) is 0. The molecule has 0 spiro atoms. The quantitative estimate of drug-likeness (QED) is 0.540. The van der Waals surface area contributed by atoms with Crippen LogP contribution >= 0.6 is 0 Å². The summed E-state index contributed by atoms with van der Waals surface area (Å²) < 4.78 is 11.0. The molecule has 0 aliphatic carbocycles. The molecule has 0 amide bonds. The number of hydrogen-bond donors (Lipinski definition) is 0. The summed E-state index contributed by atoms with van der Waals surface area (Å²) in [7, 11) is 0. The van der Waals surface area contributed by atoms with E-state index in [2.05, 4.69) is 42.5 Å².